The monoisotopic (exact) mass is 601 g/mol. The van der Waals surface area contributed by atoms with Gasteiger partial charge in [0.05, 0.1) is 22.3 Å². The molecule has 1 saturated heterocycles. The summed E-state index contributed by atoms with van der Waals surface area (Å²) >= 11 is 6.50. The molecule has 1 fully saturated rings. The molecule has 13 heteroatoms. The number of carbonyl (C=O) groups is 1. The molecule has 1 aliphatic heterocycles. The number of rotatable bonds is 6. The first-order valence-corrected chi connectivity index (χ1v) is 14.0. The Morgan fingerprint density at radius 1 is 1.14 bits per heavy atom. The average Bonchev–Trinajstić information content (AvgIpc) is 3.46. The Hall–Kier alpha value is -4.84. The zero-order valence-corrected chi connectivity index (χ0v) is 24.6. The summed E-state index contributed by atoms with van der Waals surface area (Å²) in [4.78, 5) is 34.3. The maximum atomic E-state index is 15.3. The Morgan fingerprint density at radius 2 is 1.98 bits per heavy atom. The number of ether oxygens (including phenoxy) is 1. The van der Waals surface area contributed by atoms with Gasteiger partial charge in [-0.25, -0.2) is 28.8 Å². The first-order chi connectivity index (χ1) is 20.6. The van der Waals surface area contributed by atoms with Gasteiger partial charge in [-0.15, -0.1) is 0 Å². The number of hydrogen-bond acceptors (Lipinski definition) is 9. The minimum Gasteiger partial charge on any atom is -0.455 e. The fraction of sp³-hybridized carbons (Fsp3) is 0.267. The number of hydrogen-bond donors (Lipinski definition) is 1. The molecule has 0 saturated carbocycles. The molecule has 43 heavy (non-hydrogen) atoms. The second kappa shape index (κ2) is 11.1. The molecule has 5 heterocycles. The summed E-state index contributed by atoms with van der Waals surface area (Å²) in [5.41, 5.74) is 1.57. The highest BCUT2D eigenvalue weighted by molar-refractivity contribution is 6.32. The van der Waals surface area contributed by atoms with E-state index in [1.807, 2.05) is 17.0 Å². The molecule has 0 radical (unpaired) electrons. The topological polar surface area (TPSA) is 114 Å². The van der Waals surface area contributed by atoms with E-state index in [0.717, 1.165) is 0 Å². The van der Waals surface area contributed by atoms with E-state index in [1.165, 1.54) is 30.9 Å². The number of nitrogens with one attached hydrogen (secondary N) is 1. The van der Waals surface area contributed by atoms with Crippen LogP contribution in [0.5, 0.6) is 11.5 Å². The third-order valence-corrected chi connectivity index (χ3v) is 7.68. The van der Waals surface area contributed by atoms with E-state index in [9.17, 15) is 4.79 Å². The summed E-state index contributed by atoms with van der Waals surface area (Å²) in [7, 11) is 0. The van der Waals surface area contributed by atoms with Crippen molar-refractivity contribution >= 4 is 51.5 Å². The highest BCUT2D eigenvalue weighted by Gasteiger charge is 2.37. The van der Waals surface area contributed by atoms with Crippen molar-refractivity contribution in [2.24, 2.45) is 5.41 Å². The molecule has 1 aliphatic rings. The van der Waals surface area contributed by atoms with E-state index >= 15 is 4.39 Å². The lowest BCUT2D eigenvalue weighted by Crippen LogP contribution is -2.59. The van der Waals surface area contributed by atoms with Crippen molar-refractivity contribution in [2.75, 3.05) is 29.9 Å². The molecule has 1 N–H and O–H groups in total. The molecule has 4 aromatic heterocycles. The number of nitrogens with zero attached hydrogens (tertiary/aromatic N) is 8. The lowest BCUT2D eigenvalue weighted by molar-refractivity contribution is -0.131. The lowest BCUT2D eigenvalue weighted by Gasteiger charge is -2.47. The van der Waals surface area contributed by atoms with Crippen LogP contribution in [0.4, 0.5) is 21.7 Å². The maximum Gasteiger partial charge on any atom is 0.246 e. The van der Waals surface area contributed by atoms with E-state index in [2.05, 4.69) is 57.6 Å². The summed E-state index contributed by atoms with van der Waals surface area (Å²) in [5, 5.41) is 7.27. The number of halogens is 2. The quantitative estimate of drug-likeness (QED) is 0.247. The summed E-state index contributed by atoms with van der Waals surface area (Å²) in [6, 6.07) is 9.68. The van der Waals surface area contributed by atoms with Crippen LogP contribution in [0.1, 0.15) is 20.8 Å². The highest BCUT2D eigenvalue weighted by atomic mass is 35.5. The predicted molar refractivity (Wildman–Crippen MR) is 162 cm³/mol. The van der Waals surface area contributed by atoms with Crippen LogP contribution in [0.25, 0.3) is 16.7 Å². The minimum atomic E-state index is -0.595. The minimum absolute atomic E-state index is 0.0517. The fourth-order valence-electron chi connectivity index (χ4n) is 5.13. The predicted octanol–water partition coefficient (Wildman–Crippen LogP) is 5.65. The molecule has 5 aromatic rings. The number of amides is 1. The second-order valence-corrected chi connectivity index (χ2v) is 11.6. The Balaban J connectivity index is 1.26. The normalized spacial score (nSPS) is 15.6. The molecular weight excluding hydrogens is 573 g/mol. The molecule has 1 aromatic carbocycles. The molecule has 6 rings (SSSR count). The standard InChI is InChI=1S/C30H29ClFN9O2/c1-5-27(42)40-11-10-39(15-24(40)30(2,3)4)25-7-6-21-28(38-25)29(35-16-33-21)37-22-13-19(31)23(14-20(22)32)43-18-8-9-41-26(12-18)34-17-36-41/h5-9,12-14,16-17,24H,1,10-11,15H2,2-4H3,(H,33,35,37)/t24-/m0/s1. The SMILES string of the molecule is C=CC(=O)N1CCN(c2ccc3ncnc(Nc4cc(Cl)c(Oc5ccn6ncnc6c5)cc4F)c3n2)C[C@H]1C(C)(C)C. The van der Waals surface area contributed by atoms with Crippen molar-refractivity contribution in [1.82, 2.24) is 34.4 Å². The van der Waals surface area contributed by atoms with E-state index in [4.69, 9.17) is 21.3 Å². The summed E-state index contributed by atoms with van der Waals surface area (Å²) in [6.07, 6.45) is 5.86. The van der Waals surface area contributed by atoms with E-state index in [1.54, 1.807) is 22.8 Å². The zero-order chi connectivity index (χ0) is 30.3. The number of piperazine rings is 1. The Morgan fingerprint density at radius 3 is 2.77 bits per heavy atom. The van der Waals surface area contributed by atoms with Gasteiger partial charge in [-0.2, -0.15) is 5.10 Å². The molecule has 0 unspecified atom stereocenters. The third-order valence-electron chi connectivity index (χ3n) is 7.38. The van der Waals surface area contributed by atoms with Crippen LogP contribution < -0.4 is 15.0 Å². The number of fused-ring (bicyclic) bond motifs is 2. The van der Waals surface area contributed by atoms with Crippen molar-refractivity contribution in [3.63, 3.8) is 0 Å². The van der Waals surface area contributed by atoms with Gasteiger partial charge in [-0.1, -0.05) is 39.0 Å². The molecule has 11 nitrogen and oxygen atoms in total. The summed E-state index contributed by atoms with van der Waals surface area (Å²) < 4.78 is 22.8. The van der Waals surface area contributed by atoms with Crippen molar-refractivity contribution in [3.05, 3.63) is 78.7 Å². The zero-order valence-electron chi connectivity index (χ0n) is 23.8. The number of carbonyl (C=O) groups excluding carboxylic acids is 1. The van der Waals surface area contributed by atoms with Crippen molar-refractivity contribution in [2.45, 2.75) is 26.8 Å². The Bertz CT molecular complexity index is 1860. The molecule has 0 bridgehead atoms. The highest BCUT2D eigenvalue weighted by Crippen LogP contribution is 2.36. The van der Waals surface area contributed by atoms with Gasteiger partial charge in [0.2, 0.25) is 5.91 Å². The molecule has 220 valence electrons. The van der Waals surface area contributed by atoms with E-state index in [0.29, 0.717) is 53.7 Å². The molecule has 1 amide bonds. The van der Waals surface area contributed by atoms with Crippen molar-refractivity contribution < 1.29 is 13.9 Å². The van der Waals surface area contributed by atoms with Crippen LogP contribution in [0.2, 0.25) is 5.02 Å². The van der Waals surface area contributed by atoms with Gasteiger partial charge in [0.25, 0.3) is 0 Å². The summed E-state index contributed by atoms with van der Waals surface area (Å²) in [5.74, 6) is 0.924. The Labute approximate surface area is 252 Å². The van der Waals surface area contributed by atoms with Crippen LogP contribution >= 0.6 is 11.6 Å². The smallest absolute Gasteiger partial charge is 0.246 e. The van der Waals surface area contributed by atoms with E-state index < -0.39 is 5.82 Å². The van der Waals surface area contributed by atoms with Gasteiger partial charge < -0.3 is 19.9 Å². The van der Waals surface area contributed by atoms with Gasteiger partial charge in [-0.05, 0) is 35.8 Å². The van der Waals surface area contributed by atoms with Gasteiger partial charge in [-0.3, -0.25) is 4.79 Å². The van der Waals surface area contributed by atoms with Crippen LogP contribution in [-0.2, 0) is 4.79 Å². The van der Waals surface area contributed by atoms with E-state index in [-0.39, 0.29) is 33.8 Å². The van der Waals surface area contributed by atoms with Gasteiger partial charge in [0, 0.05) is 38.0 Å². The van der Waals surface area contributed by atoms with Gasteiger partial charge >= 0.3 is 0 Å². The fourth-order valence-corrected chi connectivity index (χ4v) is 5.33. The number of aromatic nitrogens is 6. The Kier molecular flexibility index (Phi) is 7.30. The number of pyridine rings is 2. The van der Waals surface area contributed by atoms with Crippen molar-refractivity contribution in [1.29, 1.82) is 0 Å². The van der Waals surface area contributed by atoms with Crippen molar-refractivity contribution in [3.8, 4) is 11.5 Å². The van der Waals surface area contributed by atoms with Gasteiger partial charge in [0.1, 0.15) is 41.3 Å². The lowest BCUT2D eigenvalue weighted by atomic mass is 9.84. The van der Waals surface area contributed by atoms with Crippen LogP contribution in [-0.4, -0.2) is 66.0 Å². The maximum absolute atomic E-state index is 15.3. The first-order valence-electron chi connectivity index (χ1n) is 13.6. The largest absolute Gasteiger partial charge is 0.455 e. The van der Waals surface area contributed by atoms with Crippen LogP contribution in [0, 0.1) is 11.2 Å². The molecule has 1 atom stereocenters. The average molecular weight is 602 g/mol. The van der Waals surface area contributed by atoms with Gasteiger partial charge in [0.15, 0.2) is 11.5 Å². The second-order valence-electron chi connectivity index (χ2n) is 11.2. The first kappa shape index (κ1) is 28.3. The van der Waals surface area contributed by atoms with Crippen LogP contribution in [0.15, 0.2) is 67.9 Å². The summed E-state index contributed by atoms with van der Waals surface area (Å²) in [6.45, 7) is 11.7. The molecular formula is C30H29ClFN9O2. The number of benzene rings is 1. The van der Waals surface area contributed by atoms with Crippen LogP contribution in [0.3, 0.4) is 0 Å². The third kappa shape index (κ3) is 5.65. The molecule has 0 aliphatic carbocycles. The number of anilines is 3. The molecule has 0 spiro atoms.